The normalized spacial score (nSPS) is 8.88. The Kier molecular flexibility index (Phi) is 12.4. The molecule has 3 nitrogen and oxygen atoms in total. The molecule has 0 aliphatic carbocycles. The Morgan fingerprint density at radius 1 is 1.38 bits per heavy atom. The third kappa shape index (κ3) is 15.7. The fourth-order valence-electron chi connectivity index (χ4n) is 0. The van der Waals surface area contributed by atoms with Gasteiger partial charge in [-0.05, 0) is 17.6 Å². The molecule has 0 bridgehead atoms. The Balaban J connectivity index is -0.000000125. The lowest BCUT2D eigenvalue weighted by atomic mass is 12.0. The topological polar surface area (TPSA) is 57.5 Å². The van der Waals surface area contributed by atoms with Crippen molar-refractivity contribution in [3.05, 3.63) is 0 Å². The summed E-state index contributed by atoms with van der Waals surface area (Å²) < 4.78 is 9.66. The lowest BCUT2D eigenvalue weighted by Gasteiger charge is -1.91. The van der Waals surface area contributed by atoms with E-state index in [0.717, 1.165) is 0 Å². The Hall–Kier alpha value is 1.08. The predicted molar refractivity (Wildman–Crippen MR) is 40.1 cm³/mol. The SMILES string of the molecule is CSP(=O)(O)O.Cl.Cl. The van der Waals surface area contributed by atoms with Gasteiger partial charge in [-0.2, -0.15) is 0 Å². The van der Waals surface area contributed by atoms with Crippen molar-refractivity contribution in [2.24, 2.45) is 0 Å². The van der Waals surface area contributed by atoms with Gasteiger partial charge < -0.3 is 9.79 Å². The zero-order chi connectivity index (χ0) is 5.21. The minimum Gasteiger partial charge on any atom is -0.317 e. The Morgan fingerprint density at radius 2 is 1.50 bits per heavy atom. The van der Waals surface area contributed by atoms with Crippen molar-refractivity contribution in [2.45, 2.75) is 0 Å². The van der Waals surface area contributed by atoms with Crippen LogP contribution >= 0.6 is 43.0 Å². The van der Waals surface area contributed by atoms with E-state index in [-0.39, 0.29) is 24.8 Å². The fourth-order valence-corrected chi connectivity index (χ4v) is 0. The van der Waals surface area contributed by atoms with Crippen LogP contribution in [0.2, 0.25) is 0 Å². The van der Waals surface area contributed by atoms with Gasteiger partial charge in [-0.3, -0.25) is 0 Å². The quantitative estimate of drug-likeness (QED) is 0.627. The van der Waals surface area contributed by atoms with Crippen LogP contribution < -0.4 is 0 Å². The summed E-state index contributed by atoms with van der Waals surface area (Å²) >= 11 is 0.549. The molecule has 0 radical (unpaired) electrons. The van der Waals surface area contributed by atoms with Crippen molar-refractivity contribution in [2.75, 3.05) is 6.26 Å². The van der Waals surface area contributed by atoms with E-state index < -0.39 is 6.80 Å². The van der Waals surface area contributed by atoms with E-state index in [1.807, 2.05) is 0 Å². The zero-order valence-electron chi connectivity index (χ0n) is 3.97. The van der Waals surface area contributed by atoms with Crippen LogP contribution in [0.5, 0.6) is 0 Å². The molecule has 0 saturated carbocycles. The van der Waals surface area contributed by atoms with Crippen LogP contribution in [-0.2, 0) is 4.57 Å². The van der Waals surface area contributed by atoms with Gasteiger partial charge in [0.1, 0.15) is 0 Å². The van der Waals surface area contributed by atoms with Crippen LogP contribution in [0.15, 0.2) is 0 Å². The largest absolute Gasteiger partial charge is 0.383 e. The lowest BCUT2D eigenvalue weighted by Crippen LogP contribution is -1.62. The van der Waals surface area contributed by atoms with Gasteiger partial charge in [0, 0.05) is 0 Å². The van der Waals surface area contributed by atoms with Gasteiger partial charge in [-0.25, -0.2) is 4.57 Å². The molecule has 0 amide bonds. The van der Waals surface area contributed by atoms with Gasteiger partial charge >= 0.3 is 6.80 Å². The first-order valence-corrected chi connectivity index (χ1v) is 4.62. The van der Waals surface area contributed by atoms with Crippen molar-refractivity contribution in [3.63, 3.8) is 0 Å². The molecule has 0 atom stereocenters. The highest BCUT2D eigenvalue weighted by atomic mass is 35.5. The van der Waals surface area contributed by atoms with Crippen LogP contribution in [-0.4, -0.2) is 16.0 Å². The van der Waals surface area contributed by atoms with Crippen LogP contribution in [0.1, 0.15) is 0 Å². The fraction of sp³-hybridized carbons (Fsp3) is 1.00. The molecule has 2 N–H and O–H groups in total. The second kappa shape index (κ2) is 6.20. The summed E-state index contributed by atoms with van der Waals surface area (Å²) in [5.74, 6) is 0. The molecule has 0 aliphatic rings. The van der Waals surface area contributed by atoms with Crippen LogP contribution in [0, 0.1) is 0 Å². The van der Waals surface area contributed by atoms with E-state index >= 15 is 0 Å². The minimum absolute atomic E-state index is 0. The Bertz CT molecular complexity index is 81.4. The maximum Gasteiger partial charge on any atom is 0.383 e. The van der Waals surface area contributed by atoms with Crippen molar-refractivity contribution in [1.82, 2.24) is 0 Å². The van der Waals surface area contributed by atoms with Gasteiger partial charge in [0.2, 0.25) is 0 Å². The maximum atomic E-state index is 9.66. The molecular weight excluding hydrogens is 194 g/mol. The van der Waals surface area contributed by atoms with Gasteiger partial charge in [-0.15, -0.1) is 24.8 Å². The minimum atomic E-state index is -3.73. The van der Waals surface area contributed by atoms with Crippen LogP contribution in [0.4, 0.5) is 0 Å². The first kappa shape index (κ1) is 16.0. The van der Waals surface area contributed by atoms with E-state index in [1.54, 1.807) is 0 Å². The molecule has 0 fully saturated rings. The molecule has 0 aromatic carbocycles. The molecule has 0 spiro atoms. The molecule has 8 heavy (non-hydrogen) atoms. The standard InChI is InChI=1S/CH5O3PS.2ClH/c1-6-5(2,3)4;;/h1H3,(H2,2,3,4);2*1H. The zero-order valence-corrected chi connectivity index (χ0v) is 7.32. The second-order valence-electron chi connectivity index (χ2n) is 0.673. The molecule has 0 rings (SSSR count). The summed E-state index contributed by atoms with van der Waals surface area (Å²) in [6.45, 7) is -3.73. The third-order valence-electron chi connectivity index (χ3n) is 0.238. The Labute approximate surface area is 64.0 Å². The highest BCUT2D eigenvalue weighted by Crippen LogP contribution is 2.47. The molecule has 7 heteroatoms. The molecular formula is CH7Cl2O3PS. The number of hydrogen-bond donors (Lipinski definition) is 2. The summed E-state index contributed by atoms with van der Waals surface area (Å²) in [7, 11) is 0. The van der Waals surface area contributed by atoms with Gasteiger partial charge in [0.25, 0.3) is 0 Å². The summed E-state index contributed by atoms with van der Waals surface area (Å²) in [4.78, 5) is 15.8. The molecule has 0 heterocycles. The summed E-state index contributed by atoms with van der Waals surface area (Å²) in [5.41, 5.74) is 0. The van der Waals surface area contributed by atoms with Crippen LogP contribution in [0.3, 0.4) is 0 Å². The molecule has 0 aliphatic heterocycles. The highest BCUT2D eigenvalue weighted by molar-refractivity contribution is 8.54. The number of hydrogen-bond acceptors (Lipinski definition) is 2. The van der Waals surface area contributed by atoms with Gasteiger partial charge in [0.05, 0.1) is 0 Å². The van der Waals surface area contributed by atoms with E-state index in [1.165, 1.54) is 6.26 Å². The Morgan fingerprint density at radius 3 is 1.50 bits per heavy atom. The molecule has 0 saturated heterocycles. The highest BCUT2D eigenvalue weighted by Gasteiger charge is 2.06. The van der Waals surface area contributed by atoms with E-state index in [9.17, 15) is 4.57 Å². The molecule has 0 unspecified atom stereocenters. The van der Waals surface area contributed by atoms with Crippen molar-refractivity contribution in [3.8, 4) is 0 Å². The first-order valence-electron chi connectivity index (χ1n) is 1.17. The van der Waals surface area contributed by atoms with Crippen molar-refractivity contribution in [1.29, 1.82) is 0 Å². The van der Waals surface area contributed by atoms with Crippen molar-refractivity contribution >= 4 is 43.0 Å². The lowest BCUT2D eigenvalue weighted by molar-refractivity contribution is 0.397. The average molecular weight is 201 g/mol. The number of halogens is 2. The van der Waals surface area contributed by atoms with E-state index in [4.69, 9.17) is 9.79 Å². The van der Waals surface area contributed by atoms with E-state index in [0.29, 0.717) is 11.4 Å². The third-order valence-corrected chi connectivity index (χ3v) is 2.14. The molecule has 0 aromatic rings. The van der Waals surface area contributed by atoms with E-state index in [2.05, 4.69) is 0 Å². The summed E-state index contributed by atoms with van der Waals surface area (Å²) in [6.07, 6.45) is 1.36. The van der Waals surface area contributed by atoms with Crippen LogP contribution in [0.25, 0.3) is 0 Å². The van der Waals surface area contributed by atoms with Gasteiger partial charge in [-0.1, -0.05) is 0 Å². The number of rotatable bonds is 1. The monoisotopic (exact) mass is 200 g/mol. The summed E-state index contributed by atoms with van der Waals surface area (Å²) in [5, 5.41) is 0. The van der Waals surface area contributed by atoms with Gasteiger partial charge in [0.15, 0.2) is 0 Å². The second-order valence-corrected chi connectivity index (χ2v) is 4.54. The predicted octanol–water partition coefficient (Wildman–Crippen LogP) is 1.29. The first-order chi connectivity index (χ1) is 2.56. The molecule has 54 valence electrons. The maximum absolute atomic E-state index is 9.66. The summed E-state index contributed by atoms with van der Waals surface area (Å²) in [6, 6.07) is 0. The molecule has 0 aromatic heterocycles. The smallest absolute Gasteiger partial charge is 0.317 e. The average Bonchev–Trinajstić information content (AvgIpc) is 1.35. The van der Waals surface area contributed by atoms with Crippen molar-refractivity contribution < 1.29 is 14.4 Å².